The number of hydrogen-bond donors (Lipinski definition) is 2. The molecule has 4 heteroatoms. The van der Waals surface area contributed by atoms with Gasteiger partial charge in [-0.3, -0.25) is 4.79 Å². The molecule has 3 N–H and O–H groups in total. The van der Waals surface area contributed by atoms with Gasteiger partial charge in [0.05, 0.1) is 5.92 Å². The molecule has 0 spiro atoms. The summed E-state index contributed by atoms with van der Waals surface area (Å²) in [5.41, 5.74) is 7.55. The fourth-order valence-electron chi connectivity index (χ4n) is 1.25. The second-order valence-electron chi connectivity index (χ2n) is 3.97. The van der Waals surface area contributed by atoms with Gasteiger partial charge in [-0.05, 0) is 24.6 Å². The molecule has 0 amide bonds. The quantitative estimate of drug-likeness (QED) is 0.626. The number of thioether (sulfide) groups is 1. The van der Waals surface area contributed by atoms with Crippen LogP contribution in [0, 0.1) is 12.8 Å². The molecule has 0 saturated carbocycles. The molecule has 88 valence electrons. The Morgan fingerprint density at radius 2 is 2.06 bits per heavy atom. The molecule has 0 aliphatic heterocycles. The van der Waals surface area contributed by atoms with Crippen LogP contribution in [0.5, 0.6) is 0 Å². The van der Waals surface area contributed by atoms with Crippen molar-refractivity contribution in [2.45, 2.75) is 30.9 Å². The van der Waals surface area contributed by atoms with E-state index in [0.29, 0.717) is 5.69 Å². The molecule has 1 aromatic rings. The predicted octanol–water partition coefficient (Wildman–Crippen LogP) is 2.78. The van der Waals surface area contributed by atoms with Crippen LogP contribution in [-0.2, 0) is 4.79 Å². The summed E-state index contributed by atoms with van der Waals surface area (Å²) in [6.07, 6.45) is 0. The van der Waals surface area contributed by atoms with Gasteiger partial charge >= 0.3 is 5.97 Å². The Kier molecular flexibility index (Phi) is 4.24. The average molecular weight is 239 g/mol. The number of aliphatic carboxylic acids is 1. The van der Waals surface area contributed by atoms with Crippen LogP contribution in [-0.4, -0.2) is 16.3 Å². The van der Waals surface area contributed by atoms with Gasteiger partial charge in [0.15, 0.2) is 0 Å². The van der Waals surface area contributed by atoms with Crippen molar-refractivity contribution in [2.24, 2.45) is 5.92 Å². The van der Waals surface area contributed by atoms with Gasteiger partial charge < -0.3 is 10.8 Å². The maximum absolute atomic E-state index is 10.8. The van der Waals surface area contributed by atoms with E-state index in [0.717, 1.165) is 10.5 Å². The van der Waals surface area contributed by atoms with E-state index in [1.54, 1.807) is 18.7 Å². The lowest BCUT2D eigenvalue weighted by Crippen LogP contribution is -2.20. The highest BCUT2D eigenvalue weighted by molar-refractivity contribution is 8.00. The van der Waals surface area contributed by atoms with Gasteiger partial charge in [0, 0.05) is 15.8 Å². The number of anilines is 1. The highest BCUT2D eigenvalue weighted by atomic mass is 32.2. The van der Waals surface area contributed by atoms with Crippen LogP contribution in [0.15, 0.2) is 23.1 Å². The first-order valence-corrected chi connectivity index (χ1v) is 6.05. The van der Waals surface area contributed by atoms with Gasteiger partial charge in [0.2, 0.25) is 0 Å². The van der Waals surface area contributed by atoms with Gasteiger partial charge in [-0.25, -0.2) is 0 Å². The first-order valence-electron chi connectivity index (χ1n) is 5.17. The third-order valence-electron chi connectivity index (χ3n) is 2.62. The van der Waals surface area contributed by atoms with Crippen molar-refractivity contribution in [1.29, 1.82) is 0 Å². The summed E-state index contributed by atoms with van der Waals surface area (Å²) >= 11 is 1.56. The highest BCUT2D eigenvalue weighted by Crippen LogP contribution is 2.31. The van der Waals surface area contributed by atoms with Crippen molar-refractivity contribution in [3.63, 3.8) is 0 Å². The lowest BCUT2D eigenvalue weighted by molar-refractivity contribution is -0.140. The molecule has 0 aliphatic rings. The van der Waals surface area contributed by atoms with E-state index < -0.39 is 5.97 Å². The monoisotopic (exact) mass is 239 g/mol. The topological polar surface area (TPSA) is 63.3 Å². The van der Waals surface area contributed by atoms with Crippen LogP contribution in [0.1, 0.15) is 19.4 Å². The molecule has 3 nitrogen and oxygen atoms in total. The highest BCUT2D eigenvalue weighted by Gasteiger charge is 2.20. The number of nitrogens with two attached hydrogens (primary N) is 1. The zero-order valence-electron chi connectivity index (χ0n) is 9.73. The van der Waals surface area contributed by atoms with Gasteiger partial charge in [-0.2, -0.15) is 0 Å². The second kappa shape index (κ2) is 5.25. The number of carboxylic acids is 1. The summed E-state index contributed by atoms with van der Waals surface area (Å²) in [7, 11) is 0. The van der Waals surface area contributed by atoms with Crippen molar-refractivity contribution >= 4 is 23.4 Å². The molecule has 0 aromatic heterocycles. The van der Waals surface area contributed by atoms with E-state index in [9.17, 15) is 4.79 Å². The molecule has 16 heavy (non-hydrogen) atoms. The van der Waals surface area contributed by atoms with Crippen LogP contribution >= 0.6 is 11.8 Å². The Morgan fingerprint density at radius 1 is 1.44 bits per heavy atom. The Morgan fingerprint density at radius 3 is 2.62 bits per heavy atom. The van der Waals surface area contributed by atoms with E-state index in [4.69, 9.17) is 10.8 Å². The van der Waals surface area contributed by atoms with Crippen molar-refractivity contribution in [3.05, 3.63) is 23.8 Å². The van der Waals surface area contributed by atoms with Crippen LogP contribution in [0.2, 0.25) is 0 Å². The maximum Gasteiger partial charge on any atom is 0.307 e. The molecular formula is C12H17NO2S. The summed E-state index contributed by atoms with van der Waals surface area (Å²) in [5, 5.41) is 8.94. The maximum atomic E-state index is 10.8. The van der Waals surface area contributed by atoms with Crippen molar-refractivity contribution in [2.75, 3.05) is 5.73 Å². The zero-order chi connectivity index (χ0) is 12.3. The summed E-state index contributed by atoms with van der Waals surface area (Å²) in [4.78, 5) is 11.9. The SMILES string of the molecule is Cc1ccc(N)cc1SC(C)C(C)C(=O)O. The Labute approximate surface area is 100 Å². The van der Waals surface area contributed by atoms with Gasteiger partial charge in [-0.15, -0.1) is 11.8 Å². The molecule has 0 aliphatic carbocycles. The normalized spacial score (nSPS) is 14.4. The number of nitrogen functional groups attached to an aromatic ring is 1. The zero-order valence-corrected chi connectivity index (χ0v) is 10.5. The van der Waals surface area contributed by atoms with Crippen molar-refractivity contribution in [3.8, 4) is 0 Å². The standard InChI is InChI=1S/C12H17NO2S/c1-7-4-5-10(13)6-11(7)16-9(3)8(2)12(14)15/h4-6,8-9H,13H2,1-3H3,(H,14,15). The Hall–Kier alpha value is -1.16. The third kappa shape index (κ3) is 3.17. The third-order valence-corrected chi connectivity index (χ3v) is 4.09. The first kappa shape index (κ1) is 12.9. The predicted molar refractivity (Wildman–Crippen MR) is 67.7 cm³/mol. The fourth-order valence-corrected chi connectivity index (χ4v) is 2.43. The lowest BCUT2D eigenvalue weighted by atomic mass is 10.1. The van der Waals surface area contributed by atoms with Gasteiger partial charge in [-0.1, -0.05) is 19.9 Å². The minimum absolute atomic E-state index is 0.0259. The van der Waals surface area contributed by atoms with E-state index in [1.165, 1.54) is 0 Å². The number of rotatable bonds is 4. The summed E-state index contributed by atoms with van der Waals surface area (Å²) in [5.74, 6) is -1.13. The van der Waals surface area contributed by atoms with Crippen LogP contribution in [0.3, 0.4) is 0 Å². The molecular weight excluding hydrogens is 222 g/mol. The summed E-state index contributed by atoms with van der Waals surface area (Å²) in [6, 6.07) is 5.70. The smallest absolute Gasteiger partial charge is 0.307 e. The molecule has 0 fully saturated rings. The average Bonchev–Trinajstić information content (AvgIpc) is 2.22. The molecule has 1 rings (SSSR count). The van der Waals surface area contributed by atoms with Crippen LogP contribution in [0.25, 0.3) is 0 Å². The lowest BCUT2D eigenvalue weighted by Gasteiger charge is -2.16. The summed E-state index contributed by atoms with van der Waals surface area (Å²) in [6.45, 7) is 5.65. The second-order valence-corrected chi connectivity index (χ2v) is 5.39. The van der Waals surface area contributed by atoms with Crippen molar-refractivity contribution in [1.82, 2.24) is 0 Å². The van der Waals surface area contributed by atoms with E-state index in [2.05, 4.69) is 0 Å². The Balaban J connectivity index is 2.80. The molecule has 2 unspecified atom stereocenters. The molecule has 0 bridgehead atoms. The fraction of sp³-hybridized carbons (Fsp3) is 0.417. The minimum Gasteiger partial charge on any atom is -0.481 e. The van der Waals surface area contributed by atoms with E-state index in [1.807, 2.05) is 32.0 Å². The number of benzene rings is 1. The minimum atomic E-state index is -0.762. The first-order chi connectivity index (χ1) is 7.41. The largest absolute Gasteiger partial charge is 0.481 e. The molecule has 0 saturated heterocycles. The molecule has 0 radical (unpaired) electrons. The number of carbonyl (C=O) groups is 1. The molecule has 0 heterocycles. The van der Waals surface area contributed by atoms with E-state index in [-0.39, 0.29) is 11.2 Å². The molecule has 2 atom stereocenters. The Bertz CT molecular complexity index is 393. The van der Waals surface area contributed by atoms with Gasteiger partial charge in [0.25, 0.3) is 0 Å². The number of aryl methyl sites for hydroxylation is 1. The van der Waals surface area contributed by atoms with Crippen molar-refractivity contribution < 1.29 is 9.90 Å². The number of hydrogen-bond acceptors (Lipinski definition) is 3. The molecule has 1 aromatic carbocycles. The van der Waals surface area contributed by atoms with E-state index >= 15 is 0 Å². The van der Waals surface area contributed by atoms with Crippen LogP contribution in [0.4, 0.5) is 5.69 Å². The van der Waals surface area contributed by atoms with Gasteiger partial charge in [0.1, 0.15) is 0 Å². The number of carboxylic acid groups (broad SMARTS) is 1. The van der Waals surface area contributed by atoms with Crippen LogP contribution < -0.4 is 5.73 Å². The summed E-state index contributed by atoms with van der Waals surface area (Å²) < 4.78 is 0.